The van der Waals surface area contributed by atoms with Crippen molar-refractivity contribution < 1.29 is 4.79 Å². The summed E-state index contributed by atoms with van der Waals surface area (Å²) in [5.41, 5.74) is 5.50. The molecule has 1 atom stereocenters. The number of nitrogens with zero attached hydrogens (tertiary/aromatic N) is 1. The standard InChI is InChI=1S/C27H46N2O/c1-7-29-19-11-18-26(21-29)28-27(30)20-25(6)17-10-16-24(5)15-9-14-23(4)13-8-12-22(2)3/h12,14,16,20,26H,7-11,13,15,17-19,21H2,1-6H3,(H,28,30)/b23-14+,24-16+,25-20+. The van der Waals surface area contributed by atoms with Crippen molar-refractivity contribution >= 4 is 5.91 Å². The first-order chi connectivity index (χ1) is 14.3. The molecule has 1 saturated heterocycles. The molecule has 1 heterocycles. The number of likely N-dealkylation sites (tertiary alicyclic amines) is 1. The SMILES string of the molecule is CCN1CCCC(NC(=O)/C=C(\C)CC/C=C(\C)CC/C=C(\C)CCC=C(C)C)C1. The number of carbonyl (C=O) groups is 1. The predicted molar refractivity (Wildman–Crippen MR) is 132 cm³/mol. The molecule has 30 heavy (non-hydrogen) atoms. The van der Waals surface area contributed by atoms with Gasteiger partial charge in [-0.2, -0.15) is 0 Å². The highest BCUT2D eigenvalue weighted by atomic mass is 16.1. The minimum absolute atomic E-state index is 0.0740. The van der Waals surface area contributed by atoms with Crippen LogP contribution in [0.1, 0.15) is 92.9 Å². The van der Waals surface area contributed by atoms with Gasteiger partial charge in [0.2, 0.25) is 5.91 Å². The first kappa shape index (κ1) is 26.4. The summed E-state index contributed by atoms with van der Waals surface area (Å²) in [6.45, 7) is 16.3. The maximum Gasteiger partial charge on any atom is 0.244 e. The fourth-order valence-electron chi connectivity index (χ4n) is 3.88. The minimum atomic E-state index is 0.0740. The minimum Gasteiger partial charge on any atom is -0.349 e. The van der Waals surface area contributed by atoms with E-state index in [0.29, 0.717) is 6.04 Å². The second-order valence-corrected chi connectivity index (χ2v) is 9.23. The van der Waals surface area contributed by atoms with Crippen LogP contribution in [0.15, 0.2) is 46.6 Å². The third kappa shape index (κ3) is 12.8. The van der Waals surface area contributed by atoms with Gasteiger partial charge in [-0.05, 0) is 99.1 Å². The van der Waals surface area contributed by atoms with Crippen molar-refractivity contribution in [3.05, 3.63) is 46.6 Å². The molecule has 0 spiro atoms. The molecule has 0 aromatic heterocycles. The van der Waals surface area contributed by atoms with Gasteiger partial charge >= 0.3 is 0 Å². The Morgan fingerprint density at radius 3 is 2.03 bits per heavy atom. The molecule has 1 rings (SSSR count). The van der Waals surface area contributed by atoms with Crippen molar-refractivity contribution in [2.75, 3.05) is 19.6 Å². The molecule has 0 bridgehead atoms. The molecule has 1 N–H and O–H groups in total. The Morgan fingerprint density at radius 2 is 1.47 bits per heavy atom. The molecule has 1 fully saturated rings. The van der Waals surface area contributed by atoms with Gasteiger partial charge in [0.1, 0.15) is 0 Å². The van der Waals surface area contributed by atoms with Crippen molar-refractivity contribution in [3.63, 3.8) is 0 Å². The summed E-state index contributed by atoms with van der Waals surface area (Å²) in [5.74, 6) is 0.0740. The van der Waals surface area contributed by atoms with Crippen LogP contribution in [0.4, 0.5) is 0 Å². The molecule has 0 saturated carbocycles. The first-order valence-corrected chi connectivity index (χ1v) is 11.9. The van der Waals surface area contributed by atoms with E-state index in [-0.39, 0.29) is 5.91 Å². The second kappa shape index (κ2) is 15.2. The Kier molecular flexibility index (Phi) is 13.4. The number of rotatable bonds is 12. The Hall–Kier alpha value is -1.61. The van der Waals surface area contributed by atoms with E-state index < -0.39 is 0 Å². The topological polar surface area (TPSA) is 32.3 Å². The summed E-state index contributed by atoms with van der Waals surface area (Å²) < 4.78 is 0. The maximum atomic E-state index is 12.3. The van der Waals surface area contributed by atoms with E-state index in [9.17, 15) is 4.79 Å². The zero-order chi connectivity index (χ0) is 22.4. The van der Waals surface area contributed by atoms with Crippen molar-refractivity contribution in [2.45, 2.75) is 99.0 Å². The lowest BCUT2D eigenvalue weighted by Gasteiger charge is -2.32. The van der Waals surface area contributed by atoms with Crippen LogP contribution in [0.2, 0.25) is 0 Å². The van der Waals surface area contributed by atoms with E-state index in [1.54, 1.807) is 6.08 Å². The molecule has 170 valence electrons. The fourth-order valence-corrected chi connectivity index (χ4v) is 3.88. The summed E-state index contributed by atoms with van der Waals surface area (Å²) in [6, 6.07) is 0.302. The van der Waals surface area contributed by atoms with Crippen LogP contribution in [0, 0.1) is 0 Å². The molecule has 1 amide bonds. The number of hydrogen-bond donors (Lipinski definition) is 1. The number of carbonyl (C=O) groups excluding carboxylic acids is 1. The van der Waals surface area contributed by atoms with Gasteiger partial charge < -0.3 is 10.2 Å². The van der Waals surface area contributed by atoms with E-state index in [0.717, 1.165) is 70.2 Å². The van der Waals surface area contributed by atoms with Gasteiger partial charge in [0.05, 0.1) is 0 Å². The van der Waals surface area contributed by atoms with Gasteiger partial charge in [0.15, 0.2) is 0 Å². The molecule has 3 nitrogen and oxygen atoms in total. The summed E-state index contributed by atoms with van der Waals surface area (Å²) in [7, 11) is 0. The van der Waals surface area contributed by atoms with Crippen molar-refractivity contribution in [3.8, 4) is 0 Å². The van der Waals surface area contributed by atoms with Crippen molar-refractivity contribution in [1.29, 1.82) is 0 Å². The summed E-state index contributed by atoms with van der Waals surface area (Å²) in [4.78, 5) is 14.7. The molecule has 0 aromatic carbocycles. The molecule has 0 aromatic rings. The van der Waals surface area contributed by atoms with Crippen LogP contribution >= 0.6 is 0 Å². The van der Waals surface area contributed by atoms with Crippen LogP contribution in [0.3, 0.4) is 0 Å². The summed E-state index contributed by atoms with van der Waals surface area (Å²) in [5, 5.41) is 3.19. The van der Waals surface area contributed by atoms with E-state index >= 15 is 0 Å². The lowest BCUT2D eigenvalue weighted by Crippen LogP contribution is -2.47. The van der Waals surface area contributed by atoms with Crippen LogP contribution in [-0.4, -0.2) is 36.5 Å². The Labute approximate surface area is 186 Å². The normalized spacial score (nSPS) is 19.0. The van der Waals surface area contributed by atoms with Gasteiger partial charge in [0.25, 0.3) is 0 Å². The third-order valence-electron chi connectivity index (χ3n) is 5.83. The van der Waals surface area contributed by atoms with Crippen LogP contribution in [0.5, 0.6) is 0 Å². The summed E-state index contributed by atoms with van der Waals surface area (Å²) in [6.07, 6.45) is 17.6. The molecular weight excluding hydrogens is 368 g/mol. The van der Waals surface area contributed by atoms with Crippen molar-refractivity contribution in [1.82, 2.24) is 10.2 Å². The lowest BCUT2D eigenvalue weighted by molar-refractivity contribution is -0.117. The fraction of sp³-hybridized carbons (Fsp3) is 0.667. The van der Waals surface area contributed by atoms with Gasteiger partial charge in [-0.25, -0.2) is 0 Å². The molecule has 1 aliphatic rings. The Balaban J connectivity index is 2.28. The van der Waals surface area contributed by atoms with E-state index in [1.807, 2.05) is 0 Å². The number of amides is 1. The highest BCUT2D eigenvalue weighted by Gasteiger charge is 2.19. The van der Waals surface area contributed by atoms with Gasteiger partial charge in [-0.1, -0.05) is 47.4 Å². The lowest BCUT2D eigenvalue weighted by atomic mass is 10.0. The zero-order valence-corrected chi connectivity index (χ0v) is 20.5. The number of likely N-dealkylation sites (N-methyl/N-ethyl adjacent to an activating group) is 1. The molecular formula is C27H46N2O. The summed E-state index contributed by atoms with van der Waals surface area (Å²) >= 11 is 0. The predicted octanol–water partition coefficient (Wildman–Crippen LogP) is 6.73. The number of hydrogen-bond acceptors (Lipinski definition) is 2. The van der Waals surface area contributed by atoms with Gasteiger partial charge in [0, 0.05) is 18.7 Å². The van der Waals surface area contributed by atoms with E-state index in [4.69, 9.17) is 0 Å². The number of allylic oxidation sites excluding steroid dienone is 7. The zero-order valence-electron chi connectivity index (χ0n) is 20.5. The molecule has 0 aliphatic carbocycles. The monoisotopic (exact) mass is 414 g/mol. The maximum absolute atomic E-state index is 12.3. The molecule has 1 aliphatic heterocycles. The highest BCUT2D eigenvalue weighted by Crippen LogP contribution is 2.14. The smallest absolute Gasteiger partial charge is 0.244 e. The number of nitrogens with one attached hydrogen (secondary N) is 1. The van der Waals surface area contributed by atoms with Gasteiger partial charge in [-0.15, -0.1) is 0 Å². The molecule has 3 heteroatoms. The van der Waals surface area contributed by atoms with Gasteiger partial charge in [-0.3, -0.25) is 4.79 Å². The van der Waals surface area contributed by atoms with E-state index in [2.05, 4.69) is 70.0 Å². The quantitative estimate of drug-likeness (QED) is 0.283. The van der Waals surface area contributed by atoms with Crippen LogP contribution in [0.25, 0.3) is 0 Å². The van der Waals surface area contributed by atoms with Crippen LogP contribution < -0.4 is 5.32 Å². The first-order valence-electron chi connectivity index (χ1n) is 11.9. The average Bonchev–Trinajstić information content (AvgIpc) is 2.67. The Bertz CT molecular complexity index is 635. The third-order valence-corrected chi connectivity index (χ3v) is 5.83. The largest absolute Gasteiger partial charge is 0.349 e. The Morgan fingerprint density at radius 1 is 0.900 bits per heavy atom. The van der Waals surface area contributed by atoms with Crippen LogP contribution in [-0.2, 0) is 4.79 Å². The molecule has 1 unspecified atom stereocenters. The second-order valence-electron chi connectivity index (χ2n) is 9.23. The molecule has 0 radical (unpaired) electrons. The van der Waals surface area contributed by atoms with Crippen molar-refractivity contribution in [2.24, 2.45) is 0 Å². The highest BCUT2D eigenvalue weighted by molar-refractivity contribution is 5.88. The number of piperidine rings is 1. The van der Waals surface area contributed by atoms with E-state index in [1.165, 1.54) is 23.1 Å². The average molecular weight is 415 g/mol.